The van der Waals surface area contributed by atoms with Crippen molar-refractivity contribution in [1.82, 2.24) is 4.90 Å². The average Bonchev–Trinajstić information content (AvgIpc) is 2.45. The number of likely N-dealkylation sites (N-methyl/N-ethyl adjacent to an activating group) is 1. The van der Waals surface area contributed by atoms with E-state index >= 15 is 0 Å². The normalized spacial score (nSPS) is 12.0. The molecule has 1 atom stereocenters. The lowest BCUT2D eigenvalue weighted by Crippen LogP contribution is -2.27. The molecule has 0 fully saturated rings. The Bertz CT molecular complexity index is 455. The number of nitriles is 1. The third-order valence-electron chi connectivity index (χ3n) is 2.95. The highest BCUT2D eigenvalue weighted by Crippen LogP contribution is 2.27. The number of methoxy groups -OCH3 is 1. The van der Waals surface area contributed by atoms with Gasteiger partial charge in [-0.15, -0.1) is 0 Å². The van der Waals surface area contributed by atoms with Crippen LogP contribution in [-0.2, 0) is 0 Å². The minimum absolute atomic E-state index is 0.281. The molecule has 0 aliphatic carbocycles. The van der Waals surface area contributed by atoms with Crippen LogP contribution in [0.1, 0.15) is 18.9 Å². The summed E-state index contributed by atoms with van der Waals surface area (Å²) < 4.78 is 10.9. The summed E-state index contributed by atoms with van der Waals surface area (Å²) in [7, 11) is 3.54. The maximum absolute atomic E-state index is 9.22. The summed E-state index contributed by atoms with van der Waals surface area (Å²) in [5, 5.41) is 18.0. The second-order valence-electron chi connectivity index (χ2n) is 4.77. The lowest BCUT2D eigenvalue weighted by molar-refractivity contribution is 0.156. The molecule has 20 heavy (non-hydrogen) atoms. The van der Waals surface area contributed by atoms with E-state index in [0.29, 0.717) is 23.7 Å². The quantitative estimate of drug-likeness (QED) is 0.783. The number of nitrogens with zero attached hydrogens (tertiary/aromatic N) is 2. The molecule has 0 saturated carbocycles. The number of aliphatic hydroxyl groups is 1. The Morgan fingerprint density at radius 1 is 1.35 bits per heavy atom. The lowest BCUT2D eigenvalue weighted by Gasteiger charge is -2.18. The summed E-state index contributed by atoms with van der Waals surface area (Å²) >= 11 is 0. The Morgan fingerprint density at radius 2 is 2.10 bits per heavy atom. The molecule has 5 heteroatoms. The van der Waals surface area contributed by atoms with Crippen LogP contribution in [0.2, 0.25) is 0 Å². The summed E-state index contributed by atoms with van der Waals surface area (Å²) in [4.78, 5) is 2.10. The molecule has 1 rings (SSSR count). The molecule has 1 aromatic carbocycles. The van der Waals surface area contributed by atoms with Crippen LogP contribution in [-0.4, -0.2) is 50.0 Å². The molecule has 0 radical (unpaired) electrons. The molecule has 5 nitrogen and oxygen atoms in total. The van der Waals surface area contributed by atoms with Crippen molar-refractivity contribution < 1.29 is 14.6 Å². The molecular weight excluding hydrogens is 256 g/mol. The van der Waals surface area contributed by atoms with E-state index in [4.69, 9.17) is 14.7 Å². The van der Waals surface area contributed by atoms with E-state index in [1.165, 1.54) is 0 Å². The molecular formula is C15H22N2O3. The van der Waals surface area contributed by atoms with Gasteiger partial charge in [0.15, 0.2) is 11.5 Å². The molecule has 0 saturated heterocycles. The largest absolute Gasteiger partial charge is 0.493 e. The maximum atomic E-state index is 9.22. The van der Waals surface area contributed by atoms with Crippen molar-refractivity contribution in [2.75, 3.05) is 33.9 Å². The molecule has 1 unspecified atom stereocenters. The number of benzene rings is 1. The van der Waals surface area contributed by atoms with Crippen LogP contribution < -0.4 is 9.47 Å². The topological polar surface area (TPSA) is 65.7 Å². The number of hydrogen-bond donors (Lipinski definition) is 1. The predicted octanol–water partition coefficient (Wildman–Crippen LogP) is 1.65. The van der Waals surface area contributed by atoms with Crippen molar-refractivity contribution in [2.24, 2.45) is 0 Å². The summed E-state index contributed by atoms with van der Waals surface area (Å²) in [6, 6.07) is 7.17. The van der Waals surface area contributed by atoms with Crippen LogP contribution in [0.4, 0.5) is 0 Å². The van der Waals surface area contributed by atoms with Gasteiger partial charge < -0.3 is 19.5 Å². The van der Waals surface area contributed by atoms with E-state index < -0.39 is 0 Å². The molecule has 110 valence electrons. The number of hydrogen-bond acceptors (Lipinski definition) is 5. The van der Waals surface area contributed by atoms with Crippen LogP contribution in [0.15, 0.2) is 18.2 Å². The fourth-order valence-corrected chi connectivity index (χ4v) is 1.69. The first-order valence-corrected chi connectivity index (χ1v) is 6.64. The zero-order chi connectivity index (χ0) is 15.0. The molecule has 0 aliphatic heterocycles. The lowest BCUT2D eigenvalue weighted by atomic mass is 10.2. The Balaban J connectivity index is 2.44. The molecule has 0 aliphatic rings. The van der Waals surface area contributed by atoms with Crippen molar-refractivity contribution in [1.29, 1.82) is 5.26 Å². The van der Waals surface area contributed by atoms with Gasteiger partial charge in [0.1, 0.15) is 6.61 Å². The second-order valence-corrected chi connectivity index (χ2v) is 4.77. The molecule has 0 bridgehead atoms. The summed E-state index contributed by atoms with van der Waals surface area (Å²) in [5.74, 6) is 1.20. The van der Waals surface area contributed by atoms with Gasteiger partial charge in [-0.1, -0.05) is 0 Å². The molecule has 0 amide bonds. The Kier molecular flexibility index (Phi) is 6.85. The zero-order valence-electron chi connectivity index (χ0n) is 12.3. The predicted molar refractivity (Wildman–Crippen MR) is 77.0 cm³/mol. The third-order valence-corrected chi connectivity index (χ3v) is 2.95. The van der Waals surface area contributed by atoms with Crippen LogP contribution in [0, 0.1) is 11.3 Å². The highest BCUT2D eigenvalue weighted by molar-refractivity contribution is 5.46. The smallest absolute Gasteiger partial charge is 0.162 e. The Morgan fingerprint density at radius 3 is 2.70 bits per heavy atom. The standard InChI is InChI=1S/C15H22N2O3/c1-12(18)6-7-17(2)8-9-20-14-5-4-13(11-16)10-15(14)19-3/h4-5,10,12,18H,6-9H2,1-3H3. The van der Waals surface area contributed by atoms with Crippen LogP contribution >= 0.6 is 0 Å². The van der Waals surface area contributed by atoms with E-state index in [1.807, 2.05) is 7.05 Å². The minimum atomic E-state index is -0.281. The van der Waals surface area contributed by atoms with Gasteiger partial charge in [0.25, 0.3) is 0 Å². The second kappa shape index (κ2) is 8.41. The van der Waals surface area contributed by atoms with Gasteiger partial charge in [-0.3, -0.25) is 0 Å². The van der Waals surface area contributed by atoms with Crippen LogP contribution in [0.25, 0.3) is 0 Å². The minimum Gasteiger partial charge on any atom is -0.493 e. The highest BCUT2D eigenvalue weighted by Gasteiger charge is 2.07. The van der Waals surface area contributed by atoms with Gasteiger partial charge >= 0.3 is 0 Å². The highest BCUT2D eigenvalue weighted by atomic mass is 16.5. The summed E-state index contributed by atoms with van der Waals surface area (Å²) in [6.07, 6.45) is 0.466. The first-order valence-electron chi connectivity index (χ1n) is 6.64. The molecule has 1 N–H and O–H groups in total. The third kappa shape index (κ3) is 5.47. The van der Waals surface area contributed by atoms with E-state index in [-0.39, 0.29) is 6.10 Å². The van der Waals surface area contributed by atoms with Crippen molar-refractivity contribution in [2.45, 2.75) is 19.4 Å². The molecule has 1 aromatic rings. The van der Waals surface area contributed by atoms with E-state index in [0.717, 1.165) is 19.5 Å². The van der Waals surface area contributed by atoms with Gasteiger partial charge in [-0.05, 0) is 32.5 Å². The van der Waals surface area contributed by atoms with Gasteiger partial charge in [0, 0.05) is 19.2 Å². The zero-order valence-corrected chi connectivity index (χ0v) is 12.3. The Hall–Kier alpha value is -1.77. The van der Waals surface area contributed by atoms with Crippen molar-refractivity contribution in [3.8, 4) is 17.6 Å². The van der Waals surface area contributed by atoms with E-state index in [2.05, 4.69) is 11.0 Å². The van der Waals surface area contributed by atoms with Crippen LogP contribution in [0.3, 0.4) is 0 Å². The monoisotopic (exact) mass is 278 g/mol. The fraction of sp³-hybridized carbons (Fsp3) is 0.533. The van der Waals surface area contributed by atoms with E-state index in [9.17, 15) is 5.11 Å². The maximum Gasteiger partial charge on any atom is 0.162 e. The first-order chi connectivity index (χ1) is 9.56. The summed E-state index contributed by atoms with van der Waals surface area (Å²) in [5.41, 5.74) is 0.545. The molecule has 0 aromatic heterocycles. The molecule has 0 heterocycles. The molecule has 0 spiro atoms. The number of ether oxygens (including phenoxy) is 2. The average molecular weight is 278 g/mol. The Labute approximate surface area is 120 Å². The first kappa shape index (κ1) is 16.3. The SMILES string of the molecule is COc1cc(C#N)ccc1OCCN(C)CCC(C)O. The van der Waals surface area contributed by atoms with Crippen molar-refractivity contribution in [3.63, 3.8) is 0 Å². The van der Waals surface area contributed by atoms with Crippen LogP contribution in [0.5, 0.6) is 11.5 Å². The van der Waals surface area contributed by atoms with Gasteiger partial charge in [0.2, 0.25) is 0 Å². The van der Waals surface area contributed by atoms with Crippen molar-refractivity contribution >= 4 is 0 Å². The van der Waals surface area contributed by atoms with Gasteiger partial charge in [-0.2, -0.15) is 5.26 Å². The summed E-state index contributed by atoms with van der Waals surface area (Å²) in [6.45, 7) is 3.89. The number of rotatable bonds is 8. The fourth-order valence-electron chi connectivity index (χ4n) is 1.69. The van der Waals surface area contributed by atoms with E-state index in [1.54, 1.807) is 32.2 Å². The van der Waals surface area contributed by atoms with Gasteiger partial charge in [-0.25, -0.2) is 0 Å². The number of aliphatic hydroxyl groups excluding tert-OH is 1. The van der Waals surface area contributed by atoms with Crippen molar-refractivity contribution in [3.05, 3.63) is 23.8 Å². The van der Waals surface area contributed by atoms with Gasteiger partial charge in [0.05, 0.1) is 24.8 Å².